The molecule has 3 fully saturated rings. The van der Waals surface area contributed by atoms with E-state index in [9.17, 15) is 4.79 Å². The summed E-state index contributed by atoms with van der Waals surface area (Å²) in [5.41, 5.74) is 5.94. The highest BCUT2D eigenvalue weighted by Crippen LogP contribution is 2.34. The number of aromatic nitrogens is 3. The van der Waals surface area contributed by atoms with Gasteiger partial charge in [0.25, 0.3) is 0 Å². The van der Waals surface area contributed by atoms with Crippen LogP contribution in [0.3, 0.4) is 0 Å². The van der Waals surface area contributed by atoms with Crippen LogP contribution < -0.4 is 5.73 Å². The maximum absolute atomic E-state index is 12.3. The Labute approximate surface area is 161 Å². The molecular weight excluding hydrogens is 342 g/mol. The van der Waals surface area contributed by atoms with Crippen molar-refractivity contribution >= 4 is 5.91 Å². The fourth-order valence-electron chi connectivity index (χ4n) is 4.55. The molecule has 0 atom stereocenters. The second-order valence-corrected chi connectivity index (χ2v) is 8.29. The molecule has 1 aromatic heterocycles. The predicted molar refractivity (Wildman–Crippen MR) is 103 cm³/mol. The fraction of sp³-hybridized carbons (Fsp3) is 0.842. The number of nitrogens with two attached hydrogens (primary N) is 1. The minimum atomic E-state index is 0.301. The van der Waals surface area contributed by atoms with Crippen LogP contribution in [0.5, 0.6) is 0 Å². The van der Waals surface area contributed by atoms with E-state index in [4.69, 9.17) is 5.73 Å². The molecule has 8 nitrogen and oxygen atoms in total. The number of hydrogen-bond acceptors (Lipinski definition) is 6. The van der Waals surface area contributed by atoms with Gasteiger partial charge in [-0.05, 0) is 32.6 Å². The summed E-state index contributed by atoms with van der Waals surface area (Å²) in [6.07, 6.45) is 4.38. The average Bonchev–Trinajstić information content (AvgIpc) is 3.30. The highest BCUT2D eigenvalue weighted by molar-refractivity contribution is 5.78. The summed E-state index contributed by atoms with van der Waals surface area (Å²) in [6.45, 7) is 10.2. The van der Waals surface area contributed by atoms with E-state index < -0.39 is 0 Å². The van der Waals surface area contributed by atoms with E-state index in [0.29, 0.717) is 24.4 Å². The summed E-state index contributed by atoms with van der Waals surface area (Å²) in [6, 6.07) is 0.330. The molecule has 1 aromatic rings. The Kier molecular flexibility index (Phi) is 5.75. The number of amides is 1. The van der Waals surface area contributed by atoms with Crippen molar-refractivity contribution < 1.29 is 4.79 Å². The first-order valence-electron chi connectivity index (χ1n) is 10.5. The number of hydrogen-bond donors (Lipinski definition) is 1. The number of carbonyl (C=O) groups is 1. The van der Waals surface area contributed by atoms with Crippen LogP contribution in [0.1, 0.15) is 50.2 Å². The van der Waals surface area contributed by atoms with Crippen LogP contribution in [0, 0.1) is 0 Å². The largest absolute Gasteiger partial charge is 0.342 e. The second-order valence-electron chi connectivity index (χ2n) is 8.29. The quantitative estimate of drug-likeness (QED) is 0.767. The Bertz CT molecular complexity index is 640. The summed E-state index contributed by atoms with van der Waals surface area (Å²) >= 11 is 0. The summed E-state index contributed by atoms with van der Waals surface area (Å²) in [4.78, 5) is 19.1. The lowest BCUT2D eigenvalue weighted by Gasteiger charge is -2.35. The third kappa shape index (κ3) is 4.17. The van der Waals surface area contributed by atoms with Gasteiger partial charge in [0, 0.05) is 57.8 Å². The highest BCUT2D eigenvalue weighted by atomic mass is 16.2. The van der Waals surface area contributed by atoms with Crippen molar-refractivity contribution in [2.45, 2.75) is 57.7 Å². The first-order valence-corrected chi connectivity index (χ1v) is 10.5. The van der Waals surface area contributed by atoms with E-state index in [1.807, 2.05) is 4.90 Å². The maximum atomic E-state index is 12.3. The van der Waals surface area contributed by atoms with Crippen LogP contribution in [0.25, 0.3) is 0 Å². The van der Waals surface area contributed by atoms with Crippen LogP contribution in [-0.2, 0) is 17.9 Å². The van der Waals surface area contributed by atoms with E-state index in [-0.39, 0.29) is 0 Å². The van der Waals surface area contributed by atoms with Crippen molar-refractivity contribution in [3.8, 4) is 0 Å². The van der Waals surface area contributed by atoms with Gasteiger partial charge in [-0.2, -0.15) is 0 Å². The highest BCUT2D eigenvalue weighted by Gasteiger charge is 2.32. The maximum Gasteiger partial charge on any atom is 0.236 e. The van der Waals surface area contributed by atoms with Crippen LogP contribution >= 0.6 is 0 Å². The third-order valence-corrected chi connectivity index (χ3v) is 6.36. The van der Waals surface area contributed by atoms with Gasteiger partial charge in [0.1, 0.15) is 11.6 Å². The number of rotatable bonds is 6. The molecule has 0 radical (unpaired) electrons. The summed E-state index contributed by atoms with van der Waals surface area (Å²) in [5, 5.41) is 8.96. The number of nitrogens with zero attached hydrogens (tertiary/aromatic N) is 6. The number of likely N-dealkylation sites (tertiary alicyclic amines) is 1. The van der Waals surface area contributed by atoms with Crippen molar-refractivity contribution in [1.82, 2.24) is 29.5 Å². The molecule has 3 heterocycles. The monoisotopic (exact) mass is 375 g/mol. The second kappa shape index (κ2) is 8.24. The smallest absolute Gasteiger partial charge is 0.236 e. The molecule has 4 rings (SSSR count). The lowest BCUT2D eigenvalue weighted by atomic mass is 9.80. The molecule has 2 N–H and O–H groups in total. The van der Waals surface area contributed by atoms with Crippen molar-refractivity contribution in [1.29, 1.82) is 0 Å². The van der Waals surface area contributed by atoms with Gasteiger partial charge in [0.05, 0.1) is 13.1 Å². The number of piperazine rings is 1. The summed E-state index contributed by atoms with van der Waals surface area (Å²) < 4.78 is 2.28. The van der Waals surface area contributed by atoms with Crippen molar-refractivity contribution in [3.63, 3.8) is 0 Å². The summed E-state index contributed by atoms with van der Waals surface area (Å²) in [5.74, 6) is 2.96. The molecule has 0 bridgehead atoms. The van der Waals surface area contributed by atoms with Gasteiger partial charge in [-0.15, -0.1) is 10.2 Å². The van der Waals surface area contributed by atoms with Gasteiger partial charge >= 0.3 is 0 Å². The standard InChI is InChI=1S/C19H33N7O/c1-2-26-17(21-22-19(26)15-11-16(20)12-15)13-23-7-9-24(10-8-23)14-18(27)25-5-3-4-6-25/h15-16H,2-14,20H2,1H3. The van der Waals surface area contributed by atoms with E-state index in [0.717, 1.165) is 89.7 Å². The Morgan fingerprint density at radius 1 is 1.04 bits per heavy atom. The van der Waals surface area contributed by atoms with E-state index in [1.165, 1.54) is 0 Å². The molecule has 0 spiro atoms. The molecule has 2 saturated heterocycles. The van der Waals surface area contributed by atoms with Crippen LogP contribution in [0.4, 0.5) is 0 Å². The molecular formula is C19H33N7O. The lowest BCUT2D eigenvalue weighted by Crippen LogP contribution is -2.49. The minimum absolute atomic E-state index is 0.301. The van der Waals surface area contributed by atoms with Crippen molar-refractivity contribution in [2.24, 2.45) is 5.73 Å². The molecule has 1 aliphatic carbocycles. The van der Waals surface area contributed by atoms with Gasteiger partial charge in [-0.25, -0.2) is 0 Å². The Balaban J connectivity index is 1.27. The zero-order chi connectivity index (χ0) is 18.8. The summed E-state index contributed by atoms with van der Waals surface area (Å²) in [7, 11) is 0. The molecule has 8 heteroatoms. The van der Waals surface area contributed by atoms with Crippen LogP contribution in [0.15, 0.2) is 0 Å². The molecule has 0 aromatic carbocycles. The van der Waals surface area contributed by atoms with Crippen molar-refractivity contribution in [2.75, 3.05) is 45.8 Å². The lowest BCUT2D eigenvalue weighted by molar-refractivity contribution is -0.131. The van der Waals surface area contributed by atoms with Gasteiger partial charge in [-0.1, -0.05) is 0 Å². The molecule has 0 unspecified atom stereocenters. The van der Waals surface area contributed by atoms with Gasteiger partial charge in [-0.3, -0.25) is 14.6 Å². The normalized spacial score (nSPS) is 27.1. The van der Waals surface area contributed by atoms with Gasteiger partial charge in [0.2, 0.25) is 5.91 Å². The van der Waals surface area contributed by atoms with Crippen LogP contribution in [0.2, 0.25) is 0 Å². The molecule has 27 heavy (non-hydrogen) atoms. The van der Waals surface area contributed by atoms with E-state index >= 15 is 0 Å². The predicted octanol–water partition coefficient (Wildman–Crippen LogP) is 0.243. The Hall–Kier alpha value is -1.51. The van der Waals surface area contributed by atoms with Crippen LogP contribution in [-0.4, -0.2) is 87.2 Å². The van der Waals surface area contributed by atoms with Gasteiger partial charge < -0.3 is 15.2 Å². The first kappa shape index (κ1) is 18.8. The fourth-order valence-corrected chi connectivity index (χ4v) is 4.55. The molecule has 150 valence electrons. The zero-order valence-electron chi connectivity index (χ0n) is 16.5. The SMILES string of the molecule is CCn1c(CN2CCN(CC(=O)N3CCCC3)CC2)nnc1C1CC(N)C1. The topological polar surface area (TPSA) is 83.5 Å². The third-order valence-electron chi connectivity index (χ3n) is 6.36. The Morgan fingerprint density at radius 3 is 2.33 bits per heavy atom. The first-order chi connectivity index (χ1) is 13.1. The van der Waals surface area contributed by atoms with Gasteiger partial charge in [0.15, 0.2) is 0 Å². The molecule has 2 aliphatic heterocycles. The van der Waals surface area contributed by atoms with E-state index in [1.54, 1.807) is 0 Å². The number of carbonyl (C=O) groups excluding carboxylic acids is 1. The van der Waals surface area contributed by atoms with E-state index in [2.05, 4.69) is 31.5 Å². The molecule has 1 saturated carbocycles. The molecule has 1 amide bonds. The van der Waals surface area contributed by atoms with Crippen molar-refractivity contribution in [3.05, 3.63) is 11.6 Å². The molecule has 3 aliphatic rings. The average molecular weight is 376 g/mol. The Morgan fingerprint density at radius 2 is 1.70 bits per heavy atom. The minimum Gasteiger partial charge on any atom is -0.342 e. The zero-order valence-corrected chi connectivity index (χ0v) is 16.5.